The standard InChI is InChI=1S/C17H23N3O2/c1-12-7-13(2)9-19(8-12)11-17(22)20-10-16(21)18-14-5-3-4-6-15(14)20/h3-6,12-13H,7-11H2,1-2H3,(H,18,21)/t12-,13-/m0/s1. The molecule has 0 radical (unpaired) electrons. The van der Waals surface area contributed by atoms with Gasteiger partial charge in [-0.05, 0) is 30.4 Å². The predicted molar refractivity (Wildman–Crippen MR) is 86.8 cm³/mol. The highest BCUT2D eigenvalue weighted by atomic mass is 16.2. The fourth-order valence-electron chi connectivity index (χ4n) is 3.65. The average molecular weight is 301 g/mol. The molecule has 2 atom stereocenters. The number of nitrogens with zero attached hydrogens (tertiary/aromatic N) is 2. The number of piperidine rings is 1. The normalized spacial score (nSPS) is 25.5. The number of rotatable bonds is 2. The van der Waals surface area contributed by atoms with E-state index in [2.05, 4.69) is 24.1 Å². The Hall–Kier alpha value is -1.88. The highest BCUT2D eigenvalue weighted by molar-refractivity contribution is 6.10. The highest BCUT2D eigenvalue weighted by Crippen LogP contribution is 2.29. The second-order valence-corrected chi connectivity index (χ2v) is 6.69. The van der Waals surface area contributed by atoms with Crippen molar-refractivity contribution in [3.8, 4) is 0 Å². The predicted octanol–water partition coefficient (Wildman–Crippen LogP) is 1.95. The molecule has 2 amide bonds. The van der Waals surface area contributed by atoms with Gasteiger partial charge in [-0.3, -0.25) is 19.4 Å². The molecule has 1 aromatic carbocycles. The summed E-state index contributed by atoms with van der Waals surface area (Å²) in [5.74, 6) is 1.11. The minimum absolute atomic E-state index is 0.00333. The van der Waals surface area contributed by atoms with Crippen molar-refractivity contribution in [1.82, 2.24) is 4.90 Å². The monoisotopic (exact) mass is 301 g/mol. The molecule has 5 nitrogen and oxygen atoms in total. The first-order chi connectivity index (χ1) is 10.5. The topological polar surface area (TPSA) is 52.7 Å². The van der Waals surface area contributed by atoms with Gasteiger partial charge in [0.1, 0.15) is 6.54 Å². The van der Waals surface area contributed by atoms with Crippen LogP contribution in [0.15, 0.2) is 24.3 Å². The van der Waals surface area contributed by atoms with Crippen LogP contribution in [0.5, 0.6) is 0 Å². The molecule has 0 saturated carbocycles. The van der Waals surface area contributed by atoms with Crippen molar-refractivity contribution in [1.29, 1.82) is 0 Å². The first-order valence-corrected chi connectivity index (χ1v) is 7.94. The molecule has 2 aliphatic rings. The van der Waals surface area contributed by atoms with Crippen LogP contribution in [0, 0.1) is 11.8 Å². The minimum Gasteiger partial charge on any atom is -0.323 e. The molecular formula is C17H23N3O2. The summed E-state index contributed by atoms with van der Waals surface area (Å²) in [4.78, 5) is 28.3. The van der Waals surface area contributed by atoms with Crippen molar-refractivity contribution in [2.45, 2.75) is 20.3 Å². The summed E-state index contributed by atoms with van der Waals surface area (Å²) in [6.45, 7) is 6.87. The van der Waals surface area contributed by atoms with Gasteiger partial charge in [-0.1, -0.05) is 26.0 Å². The molecule has 5 heteroatoms. The summed E-state index contributed by atoms with van der Waals surface area (Å²) in [6, 6.07) is 7.47. The summed E-state index contributed by atoms with van der Waals surface area (Å²) in [7, 11) is 0. The van der Waals surface area contributed by atoms with Crippen LogP contribution < -0.4 is 10.2 Å². The Labute approximate surface area is 131 Å². The molecule has 0 bridgehead atoms. The van der Waals surface area contributed by atoms with E-state index in [0.29, 0.717) is 24.1 Å². The number of anilines is 2. The fraction of sp³-hybridized carbons (Fsp3) is 0.529. The zero-order valence-corrected chi connectivity index (χ0v) is 13.2. The fourth-order valence-corrected chi connectivity index (χ4v) is 3.65. The lowest BCUT2D eigenvalue weighted by molar-refractivity contribution is -0.123. The van der Waals surface area contributed by atoms with Crippen molar-refractivity contribution in [3.05, 3.63) is 24.3 Å². The Morgan fingerprint density at radius 3 is 2.64 bits per heavy atom. The Kier molecular flexibility index (Phi) is 4.16. The lowest BCUT2D eigenvalue weighted by Crippen LogP contribution is -2.49. The van der Waals surface area contributed by atoms with Crippen molar-refractivity contribution in [2.75, 3.05) is 36.4 Å². The number of carbonyl (C=O) groups is 2. The van der Waals surface area contributed by atoms with Gasteiger partial charge in [0, 0.05) is 13.1 Å². The molecule has 1 aromatic rings. The number of likely N-dealkylation sites (tertiary alicyclic amines) is 1. The van der Waals surface area contributed by atoms with Crippen LogP contribution in [0.1, 0.15) is 20.3 Å². The molecule has 0 spiro atoms. The molecule has 118 valence electrons. The smallest absolute Gasteiger partial charge is 0.244 e. The van der Waals surface area contributed by atoms with E-state index in [4.69, 9.17) is 0 Å². The van der Waals surface area contributed by atoms with Crippen molar-refractivity contribution >= 4 is 23.2 Å². The third-order valence-electron chi connectivity index (χ3n) is 4.38. The van der Waals surface area contributed by atoms with Gasteiger partial charge in [0.2, 0.25) is 11.8 Å². The Morgan fingerprint density at radius 1 is 1.23 bits per heavy atom. The van der Waals surface area contributed by atoms with E-state index in [-0.39, 0.29) is 18.4 Å². The molecule has 0 aliphatic carbocycles. The summed E-state index contributed by atoms with van der Waals surface area (Å²) >= 11 is 0. The van der Waals surface area contributed by atoms with E-state index >= 15 is 0 Å². The summed E-state index contributed by atoms with van der Waals surface area (Å²) < 4.78 is 0. The van der Waals surface area contributed by atoms with E-state index < -0.39 is 0 Å². The van der Waals surface area contributed by atoms with Crippen LogP contribution in [0.2, 0.25) is 0 Å². The van der Waals surface area contributed by atoms with Gasteiger partial charge in [-0.25, -0.2) is 0 Å². The van der Waals surface area contributed by atoms with Crippen LogP contribution in [0.25, 0.3) is 0 Å². The number of benzene rings is 1. The van der Waals surface area contributed by atoms with Crippen molar-refractivity contribution in [2.24, 2.45) is 11.8 Å². The summed E-state index contributed by atoms with van der Waals surface area (Å²) in [5.41, 5.74) is 1.51. The van der Waals surface area contributed by atoms with E-state index in [0.717, 1.165) is 18.8 Å². The molecule has 3 rings (SSSR count). The number of carbonyl (C=O) groups excluding carboxylic acids is 2. The highest BCUT2D eigenvalue weighted by Gasteiger charge is 2.29. The van der Waals surface area contributed by atoms with Crippen LogP contribution in [-0.4, -0.2) is 42.9 Å². The van der Waals surface area contributed by atoms with E-state index in [1.54, 1.807) is 4.90 Å². The number of hydrogen-bond donors (Lipinski definition) is 1. The van der Waals surface area contributed by atoms with Gasteiger partial charge in [0.25, 0.3) is 0 Å². The second-order valence-electron chi connectivity index (χ2n) is 6.69. The summed E-state index contributed by atoms with van der Waals surface area (Å²) in [5, 5.41) is 2.82. The van der Waals surface area contributed by atoms with Crippen LogP contribution in [-0.2, 0) is 9.59 Å². The van der Waals surface area contributed by atoms with Gasteiger partial charge in [0.15, 0.2) is 0 Å². The van der Waals surface area contributed by atoms with Crippen LogP contribution in [0.4, 0.5) is 11.4 Å². The summed E-state index contributed by atoms with van der Waals surface area (Å²) in [6.07, 6.45) is 1.22. The largest absolute Gasteiger partial charge is 0.323 e. The number of fused-ring (bicyclic) bond motifs is 1. The SMILES string of the molecule is C[C@H]1C[C@H](C)CN(CC(=O)N2CC(=O)Nc3ccccc32)C1. The van der Waals surface area contributed by atoms with Crippen LogP contribution >= 0.6 is 0 Å². The minimum atomic E-state index is -0.132. The maximum absolute atomic E-state index is 12.7. The number of amides is 2. The lowest BCUT2D eigenvalue weighted by atomic mass is 9.92. The van der Waals surface area contributed by atoms with Crippen molar-refractivity contribution in [3.63, 3.8) is 0 Å². The van der Waals surface area contributed by atoms with Gasteiger partial charge >= 0.3 is 0 Å². The van der Waals surface area contributed by atoms with Crippen molar-refractivity contribution < 1.29 is 9.59 Å². The quantitative estimate of drug-likeness (QED) is 0.908. The van der Waals surface area contributed by atoms with Gasteiger partial charge in [-0.15, -0.1) is 0 Å². The maximum Gasteiger partial charge on any atom is 0.244 e. The first kappa shape index (κ1) is 15.0. The number of para-hydroxylation sites is 2. The molecule has 2 aliphatic heterocycles. The third-order valence-corrected chi connectivity index (χ3v) is 4.38. The molecule has 1 saturated heterocycles. The van der Waals surface area contributed by atoms with E-state index in [1.165, 1.54) is 6.42 Å². The first-order valence-electron chi connectivity index (χ1n) is 7.94. The Morgan fingerprint density at radius 2 is 1.91 bits per heavy atom. The molecule has 0 unspecified atom stereocenters. The van der Waals surface area contributed by atoms with E-state index in [9.17, 15) is 9.59 Å². The lowest BCUT2D eigenvalue weighted by Gasteiger charge is -2.36. The van der Waals surface area contributed by atoms with E-state index in [1.807, 2.05) is 24.3 Å². The molecule has 1 fully saturated rings. The molecule has 2 heterocycles. The van der Waals surface area contributed by atoms with Crippen LogP contribution in [0.3, 0.4) is 0 Å². The third kappa shape index (κ3) is 3.14. The van der Waals surface area contributed by atoms with Gasteiger partial charge in [-0.2, -0.15) is 0 Å². The maximum atomic E-state index is 12.7. The zero-order valence-electron chi connectivity index (χ0n) is 13.2. The Balaban J connectivity index is 1.74. The molecular weight excluding hydrogens is 278 g/mol. The van der Waals surface area contributed by atoms with Gasteiger partial charge < -0.3 is 5.32 Å². The number of hydrogen-bond acceptors (Lipinski definition) is 3. The number of nitrogens with one attached hydrogen (secondary N) is 1. The second kappa shape index (κ2) is 6.08. The van der Waals surface area contributed by atoms with Gasteiger partial charge in [0.05, 0.1) is 17.9 Å². The average Bonchev–Trinajstić information content (AvgIpc) is 2.45. The Bertz CT molecular complexity index is 577. The zero-order chi connectivity index (χ0) is 15.7. The molecule has 22 heavy (non-hydrogen) atoms. The molecule has 1 N–H and O–H groups in total. The molecule has 0 aromatic heterocycles.